The van der Waals surface area contributed by atoms with Crippen molar-refractivity contribution in [1.29, 1.82) is 0 Å². The van der Waals surface area contributed by atoms with Crippen molar-refractivity contribution in [3.63, 3.8) is 0 Å². The van der Waals surface area contributed by atoms with Crippen molar-refractivity contribution in [3.05, 3.63) is 71.3 Å². The van der Waals surface area contributed by atoms with Gasteiger partial charge in [0.15, 0.2) is 11.6 Å². The zero-order chi connectivity index (χ0) is 15.1. The van der Waals surface area contributed by atoms with Crippen molar-refractivity contribution in [3.8, 4) is 0 Å². The molecule has 4 heteroatoms. The Morgan fingerprint density at radius 3 is 2.52 bits per heavy atom. The summed E-state index contributed by atoms with van der Waals surface area (Å²) in [5, 5.41) is 3.12. The van der Waals surface area contributed by atoms with Crippen LogP contribution in [0.25, 0.3) is 0 Å². The molecule has 1 atom stereocenters. The van der Waals surface area contributed by atoms with E-state index in [4.69, 9.17) is 4.74 Å². The van der Waals surface area contributed by atoms with Gasteiger partial charge in [-0.25, -0.2) is 8.78 Å². The van der Waals surface area contributed by atoms with Gasteiger partial charge in [-0.05, 0) is 18.2 Å². The van der Waals surface area contributed by atoms with E-state index in [9.17, 15) is 8.78 Å². The zero-order valence-electron chi connectivity index (χ0n) is 12.0. The van der Waals surface area contributed by atoms with Crippen LogP contribution < -0.4 is 5.32 Å². The van der Waals surface area contributed by atoms with E-state index in [-0.39, 0.29) is 12.6 Å². The van der Waals surface area contributed by atoms with E-state index in [2.05, 4.69) is 5.32 Å². The molecule has 0 fully saturated rings. The van der Waals surface area contributed by atoms with Gasteiger partial charge < -0.3 is 10.1 Å². The lowest BCUT2D eigenvalue weighted by atomic mass is 10.1. The molecule has 0 aliphatic heterocycles. The van der Waals surface area contributed by atoms with Crippen LogP contribution >= 0.6 is 0 Å². The van der Waals surface area contributed by atoms with Crippen LogP contribution in [0.3, 0.4) is 0 Å². The Bertz CT molecular complexity index is 560. The van der Waals surface area contributed by atoms with Gasteiger partial charge in [-0.15, -0.1) is 0 Å². The number of nitrogens with one attached hydrogen (secondary N) is 1. The van der Waals surface area contributed by atoms with Crippen LogP contribution in [0, 0.1) is 11.6 Å². The van der Waals surface area contributed by atoms with Crippen LogP contribution in [0.15, 0.2) is 48.5 Å². The molecule has 0 aliphatic carbocycles. The summed E-state index contributed by atoms with van der Waals surface area (Å²) in [6, 6.07) is 13.6. The van der Waals surface area contributed by atoms with Gasteiger partial charge >= 0.3 is 0 Å². The molecule has 0 radical (unpaired) electrons. The summed E-state index contributed by atoms with van der Waals surface area (Å²) >= 11 is 0. The minimum Gasteiger partial charge on any atom is -0.375 e. The van der Waals surface area contributed by atoms with Crippen LogP contribution in [0.5, 0.6) is 0 Å². The molecular weight excluding hydrogens is 272 g/mol. The third-order valence-electron chi connectivity index (χ3n) is 3.20. The molecule has 2 aromatic rings. The minimum atomic E-state index is -0.835. The highest BCUT2D eigenvalue weighted by Gasteiger charge is 2.17. The average molecular weight is 291 g/mol. The monoisotopic (exact) mass is 291 g/mol. The maximum absolute atomic E-state index is 13.9. The van der Waals surface area contributed by atoms with Gasteiger partial charge in [-0.3, -0.25) is 0 Å². The number of rotatable bonds is 7. The number of benzene rings is 2. The molecule has 0 bridgehead atoms. The molecule has 0 saturated heterocycles. The van der Waals surface area contributed by atoms with E-state index in [1.165, 1.54) is 6.07 Å². The Morgan fingerprint density at radius 2 is 1.81 bits per heavy atom. The number of likely N-dealkylation sites (N-methyl/N-ethyl adjacent to an activating group) is 1. The molecule has 0 aromatic heterocycles. The molecule has 0 spiro atoms. The van der Waals surface area contributed by atoms with Crippen molar-refractivity contribution in [2.45, 2.75) is 19.6 Å². The zero-order valence-corrected chi connectivity index (χ0v) is 12.0. The molecule has 0 heterocycles. The lowest BCUT2D eigenvalue weighted by Gasteiger charge is -2.19. The van der Waals surface area contributed by atoms with Gasteiger partial charge in [-0.2, -0.15) is 0 Å². The van der Waals surface area contributed by atoms with Crippen molar-refractivity contribution >= 4 is 0 Å². The smallest absolute Gasteiger partial charge is 0.163 e. The van der Waals surface area contributed by atoms with Crippen molar-refractivity contribution in [2.75, 3.05) is 13.2 Å². The predicted octanol–water partition coefficient (Wildman–Crippen LogP) is 3.83. The summed E-state index contributed by atoms with van der Waals surface area (Å²) in [6.45, 7) is 3.29. The molecule has 2 rings (SSSR count). The third-order valence-corrected chi connectivity index (χ3v) is 3.20. The van der Waals surface area contributed by atoms with E-state index >= 15 is 0 Å². The predicted molar refractivity (Wildman–Crippen MR) is 78.9 cm³/mol. The molecule has 2 nitrogen and oxygen atoms in total. The fourth-order valence-corrected chi connectivity index (χ4v) is 2.16. The highest BCUT2D eigenvalue weighted by Crippen LogP contribution is 2.20. The molecule has 21 heavy (non-hydrogen) atoms. The van der Waals surface area contributed by atoms with Crippen molar-refractivity contribution in [2.24, 2.45) is 0 Å². The van der Waals surface area contributed by atoms with Crippen LogP contribution in [0.4, 0.5) is 8.78 Å². The average Bonchev–Trinajstić information content (AvgIpc) is 2.50. The second kappa shape index (κ2) is 7.86. The molecule has 2 aromatic carbocycles. The molecule has 1 N–H and O–H groups in total. The first-order chi connectivity index (χ1) is 10.2. The van der Waals surface area contributed by atoms with Crippen molar-refractivity contribution in [1.82, 2.24) is 5.32 Å². The largest absolute Gasteiger partial charge is 0.375 e. The van der Waals surface area contributed by atoms with E-state index in [0.717, 1.165) is 11.6 Å². The normalized spacial score (nSPS) is 12.3. The lowest BCUT2D eigenvalue weighted by Crippen LogP contribution is -2.26. The molecule has 0 amide bonds. The van der Waals surface area contributed by atoms with Crippen LogP contribution in [-0.2, 0) is 11.3 Å². The summed E-state index contributed by atoms with van der Waals surface area (Å²) < 4.78 is 32.8. The second-order valence-electron chi connectivity index (χ2n) is 4.75. The summed E-state index contributed by atoms with van der Waals surface area (Å²) in [7, 11) is 0. The Kier molecular flexibility index (Phi) is 5.84. The molecule has 0 aliphatic rings. The molecule has 1 unspecified atom stereocenters. The SMILES string of the molecule is CCNC(COCc1ccccc1)c1cccc(F)c1F. The van der Waals surface area contributed by atoms with Gasteiger partial charge in [0.2, 0.25) is 0 Å². The van der Waals surface area contributed by atoms with E-state index in [0.29, 0.717) is 18.7 Å². The Balaban J connectivity index is 2.00. The van der Waals surface area contributed by atoms with Gasteiger partial charge in [-0.1, -0.05) is 49.4 Å². The fraction of sp³-hybridized carbons (Fsp3) is 0.294. The fourth-order valence-electron chi connectivity index (χ4n) is 2.16. The molecule has 112 valence electrons. The highest BCUT2D eigenvalue weighted by atomic mass is 19.2. The minimum absolute atomic E-state index is 0.281. The summed E-state index contributed by atoms with van der Waals surface area (Å²) in [5.41, 5.74) is 1.34. The maximum Gasteiger partial charge on any atom is 0.163 e. The standard InChI is InChI=1S/C17H19F2NO/c1-2-20-16(14-9-6-10-15(18)17(14)19)12-21-11-13-7-4-3-5-8-13/h3-10,16,20H,2,11-12H2,1H3. The Labute approximate surface area is 123 Å². The van der Waals surface area contributed by atoms with Gasteiger partial charge in [0, 0.05) is 5.56 Å². The maximum atomic E-state index is 13.9. The summed E-state index contributed by atoms with van der Waals surface area (Å²) in [4.78, 5) is 0. The summed E-state index contributed by atoms with van der Waals surface area (Å²) in [5.74, 6) is -1.65. The number of halogens is 2. The Hall–Kier alpha value is -1.78. The van der Waals surface area contributed by atoms with E-state index in [1.54, 1.807) is 6.07 Å². The highest BCUT2D eigenvalue weighted by molar-refractivity contribution is 5.22. The Morgan fingerprint density at radius 1 is 1.05 bits per heavy atom. The van der Waals surface area contributed by atoms with Gasteiger partial charge in [0.25, 0.3) is 0 Å². The first-order valence-corrected chi connectivity index (χ1v) is 7.01. The third kappa shape index (κ3) is 4.34. The van der Waals surface area contributed by atoms with Gasteiger partial charge in [0.05, 0.1) is 19.3 Å². The number of ether oxygens (including phenoxy) is 1. The van der Waals surface area contributed by atoms with Crippen LogP contribution in [0.1, 0.15) is 24.1 Å². The second-order valence-corrected chi connectivity index (χ2v) is 4.75. The number of hydrogen-bond acceptors (Lipinski definition) is 2. The topological polar surface area (TPSA) is 21.3 Å². The quantitative estimate of drug-likeness (QED) is 0.837. The van der Waals surface area contributed by atoms with E-state index < -0.39 is 11.6 Å². The first-order valence-electron chi connectivity index (χ1n) is 7.01. The molecular formula is C17H19F2NO. The lowest BCUT2D eigenvalue weighted by molar-refractivity contribution is 0.0979. The van der Waals surface area contributed by atoms with Crippen LogP contribution in [0.2, 0.25) is 0 Å². The first kappa shape index (κ1) is 15.6. The summed E-state index contributed by atoms with van der Waals surface area (Å²) in [6.07, 6.45) is 0. The van der Waals surface area contributed by atoms with E-state index in [1.807, 2.05) is 37.3 Å². The molecule has 0 saturated carbocycles. The van der Waals surface area contributed by atoms with Crippen LogP contribution in [-0.4, -0.2) is 13.2 Å². The van der Waals surface area contributed by atoms with Crippen molar-refractivity contribution < 1.29 is 13.5 Å². The number of hydrogen-bond donors (Lipinski definition) is 1. The van der Waals surface area contributed by atoms with Gasteiger partial charge in [0.1, 0.15) is 0 Å².